The van der Waals surface area contributed by atoms with E-state index in [1.807, 2.05) is 54.8 Å². The molecule has 6 nitrogen and oxygen atoms in total. The van der Waals surface area contributed by atoms with Gasteiger partial charge in [0, 0.05) is 23.5 Å². The number of carboxylic acids is 1. The van der Waals surface area contributed by atoms with Gasteiger partial charge in [-0.25, -0.2) is 9.97 Å². The first kappa shape index (κ1) is 16.0. The lowest BCUT2D eigenvalue weighted by atomic mass is 10.1. The molecule has 3 rings (SSSR count). The van der Waals surface area contributed by atoms with Gasteiger partial charge in [-0.05, 0) is 44.0 Å². The van der Waals surface area contributed by atoms with E-state index in [4.69, 9.17) is 5.11 Å². The van der Waals surface area contributed by atoms with Crippen LogP contribution in [0.4, 0.5) is 5.69 Å². The Balaban J connectivity index is 1.74. The first-order valence-corrected chi connectivity index (χ1v) is 7.88. The minimum Gasteiger partial charge on any atom is -0.481 e. The zero-order chi connectivity index (χ0) is 17.1. The van der Waals surface area contributed by atoms with Gasteiger partial charge < -0.3 is 10.4 Å². The van der Waals surface area contributed by atoms with Crippen LogP contribution in [-0.2, 0) is 17.8 Å². The highest BCUT2D eigenvalue weighted by Crippen LogP contribution is 2.15. The molecule has 0 fully saturated rings. The van der Waals surface area contributed by atoms with Crippen molar-refractivity contribution in [2.45, 2.75) is 33.2 Å². The third kappa shape index (κ3) is 3.53. The van der Waals surface area contributed by atoms with Gasteiger partial charge in [0.05, 0.1) is 18.4 Å². The van der Waals surface area contributed by atoms with Crippen LogP contribution < -0.4 is 5.32 Å². The average Bonchev–Trinajstić information content (AvgIpc) is 2.94. The SMILES string of the molecule is Cc1cc(C)n2c(CNc3cccc(CCC(=O)O)c3)cnc2n1. The summed E-state index contributed by atoms with van der Waals surface area (Å²) < 4.78 is 2.04. The van der Waals surface area contributed by atoms with Crippen LogP contribution in [0.25, 0.3) is 5.78 Å². The number of aliphatic carboxylic acids is 1. The zero-order valence-electron chi connectivity index (χ0n) is 13.8. The maximum absolute atomic E-state index is 10.7. The Morgan fingerprint density at radius 3 is 2.92 bits per heavy atom. The fraction of sp³-hybridized carbons (Fsp3) is 0.278. The van der Waals surface area contributed by atoms with E-state index in [2.05, 4.69) is 15.3 Å². The highest BCUT2D eigenvalue weighted by Gasteiger charge is 2.08. The normalized spacial score (nSPS) is 10.9. The maximum Gasteiger partial charge on any atom is 0.303 e. The van der Waals surface area contributed by atoms with Crippen molar-refractivity contribution >= 4 is 17.4 Å². The highest BCUT2D eigenvalue weighted by atomic mass is 16.4. The number of aryl methyl sites for hydroxylation is 3. The topological polar surface area (TPSA) is 79.5 Å². The summed E-state index contributed by atoms with van der Waals surface area (Å²) in [5.41, 5.74) is 5.06. The molecular weight excluding hydrogens is 304 g/mol. The summed E-state index contributed by atoms with van der Waals surface area (Å²) in [5, 5.41) is 12.2. The first-order valence-electron chi connectivity index (χ1n) is 7.88. The fourth-order valence-electron chi connectivity index (χ4n) is 2.80. The molecule has 0 aliphatic carbocycles. The second-order valence-electron chi connectivity index (χ2n) is 5.87. The van der Waals surface area contributed by atoms with E-state index in [0.29, 0.717) is 18.7 Å². The number of rotatable bonds is 6. The van der Waals surface area contributed by atoms with E-state index in [-0.39, 0.29) is 6.42 Å². The maximum atomic E-state index is 10.7. The lowest BCUT2D eigenvalue weighted by molar-refractivity contribution is -0.136. The fourth-order valence-corrected chi connectivity index (χ4v) is 2.80. The molecule has 0 saturated heterocycles. The molecule has 0 bridgehead atoms. The number of nitrogens with one attached hydrogen (secondary N) is 1. The molecule has 0 atom stereocenters. The molecule has 0 radical (unpaired) electrons. The van der Waals surface area contributed by atoms with Crippen LogP contribution >= 0.6 is 0 Å². The molecule has 0 aliphatic heterocycles. The number of fused-ring (bicyclic) bond motifs is 1. The van der Waals surface area contributed by atoms with Gasteiger partial charge in [0.15, 0.2) is 0 Å². The number of anilines is 1. The van der Waals surface area contributed by atoms with E-state index < -0.39 is 5.97 Å². The lowest BCUT2D eigenvalue weighted by Crippen LogP contribution is -2.06. The van der Waals surface area contributed by atoms with E-state index in [9.17, 15) is 4.79 Å². The number of benzene rings is 1. The molecule has 1 aromatic carbocycles. The number of carbonyl (C=O) groups is 1. The first-order chi connectivity index (χ1) is 11.5. The number of nitrogens with zero attached hydrogens (tertiary/aromatic N) is 3. The van der Waals surface area contributed by atoms with Gasteiger partial charge in [-0.3, -0.25) is 9.20 Å². The molecular formula is C18H20N4O2. The molecule has 2 N–H and O–H groups in total. The van der Waals surface area contributed by atoms with E-state index >= 15 is 0 Å². The number of carboxylic acid groups (broad SMARTS) is 1. The van der Waals surface area contributed by atoms with Crippen LogP contribution in [0.3, 0.4) is 0 Å². The quantitative estimate of drug-likeness (QED) is 0.729. The monoisotopic (exact) mass is 324 g/mol. The molecule has 24 heavy (non-hydrogen) atoms. The average molecular weight is 324 g/mol. The van der Waals surface area contributed by atoms with E-state index in [1.165, 1.54) is 0 Å². The van der Waals surface area contributed by atoms with Crippen molar-refractivity contribution in [3.63, 3.8) is 0 Å². The van der Waals surface area contributed by atoms with Gasteiger partial charge in [-0.15, -0.1) is 0 Å². The van der Waals surface area contributed by atoms with Gasteiger partial charge in [-0.2, -0.15) is 0 Å². The van der Waals surface area contributed by atoms with E-state index in [0.717, 1.165) is 28.3 Å². The minimum absolute atomic E-state index is 0.140. The van der Waals surface area contributed by atoms with Crippen molar-refractivity contribution in [3.8, 4) is 0 Å². The van der Waals surface area contributed by atoms with Gasteiger partial charge in [0.1, 0.15) is 0 Å². The number of hydrogen-bond donors (Lipinski definition) is 2. The van der Waals surface area contributed by atoms with Crippen molar-refractivity contribution in [3.05, 3.63) is 59.2 Å². The second kappa shape index (κ2) is 6.70. The second-order valence-corrected chi connectivity index (χ2v) is 5.87. The molecule has 3 aromatic rings. The molecule has 2 heterocycles. The third-order valence-corrected chi connectivity index (χ3v) is 3.89. The summed E-state index contributed by atoms with van der Waals surface area (Å²) in [5.74, 6) is -0.0723. The summed E-state index contributed by atoms with van der Waals surface area (Å²) in [6.07, 6.45) is 2.50. The predicted molar refractivity (Wildman–Crippen MR) is 92.2 cm³/mol. The Morgan fingerprint density at radius 2 is 2.12 bits per heavy atom. The minimum atomic E-state index is -0.780. The molecule has 0 unspecified atom stereocenters. The molecule has 124 valence electrons. The standard InChI is InChI=1S/C18H20N4O2/c1-12-8-13(2)22-16(11-20-18(22)21-12)10-19-15-5-3-4-14(9-15)6-7-17(23)24/h3-5,8-9,11,19H,6-7,10H2,1-2H3,(H,23,24). The van der Waals surface area contributed by atoms with Crippen LogP contribution in [0.5, 0.6) is 0 Å². The summed E-state index contributed by atoms with van der Waals surface area (Å²) in [6, 6.07) is 9.87. The Bertz CT molecular complexity index is 886. The summed E-state index contributed by atoms with van der Waals surface area (Å²) in [7, 11) is 0. The van der Waals surface area contributed by atoms with Gasteiger partial charge in [-0.1, -0.05) is 12.1 Å². The molecule has 0 saturated carbocycles. The molecule has 6 heteroatoms. The van der Waals surface area contributed by atoms with Crippen molar-refractivity contribution in [2.75, 3.05) is 5.32 Å². The predicted octanol–water partition coefficient (Wildman–Crippen LogP) is 2.98. The summed E-state index contributed by atoms with van der Waals surface area (Å²) in [4.78, 5) is 19.5. The van der Waals surface area contributed by atoms with Crippen LogP contribution in [-0.4, -0.2) is 25.4 Å². The van der Waals surface area contributed by atoms with Gasteiger partial charge >= 0.3 is 5.97 Å². The Labute approximate surface area is 140 Å². The van der Waals surface area contributed by atoms with Gasteiger partial charge in [0.25, 0.3) is 0 Å². The smallest absolute Gasteiger partial charge is 0.303 e. The van der Waals surface area contributed by atoms with Crippen LogP contribution in [0.2, 0.25) is 0 Å². The Kier molecular flexibility index (Phi) is 4.46. The zero-order valence-corrected chi connectivity index (χ0v) is 13.8. The Morgan fingerprint density at radius 1 is 1.29 bits per heavy atom. The number of aromatic nitrogens is 3. The lowest BCUT2D eigenvalue weighted by Gasteiger charge is -2.09. The molecule has 0 spiro atoms. The molecule has 0 amide bonds. The summed E-state index contributed by atoms with van der Waals surface area (Å²) >= 11 is 0. The van der Waals surface area contributed by atoms with Crippen molar-refractivity contribution in [2.24, 2.45) is 0 Å². The van der Waals surface area contributed by atoms with Crippen molar-refractivity contribution < 1.29 is 9.90 Å². The summed E-state index contributed by atoms with van der Waals surface area (Å²) in [6.45, 7) is 4.62. The largest absolute Gasteiger partial charge is 0.481 e. The van der Waals surface area contributed by atoms with Crippen molar-refractivity contribution in [1.82, 2.24) is 14.4 Å². The number of hydrogen-bond acceptors (Lipinski definition) is 4. The molecule has 0 aliphatic rings. The molecule has 2 aromatic heterocycles. The van der Waals surface area contributed by atoms with Crippen LogP contribution in [0.15, 0.2) is 36.5 Å². The van der Waals surface area contributed by atoms with E-state index in [1.54, 1.807) is 0 Å². The van der Waals surface area contributed by atoms with Crippen LogP contribution in [0.1, 0.15) is 29.1 Å². The highest BCUT2D eigenvalue weighted by molar-refractivity contribution is 5.67. The van der Waals surface area contributed by atoms with Gasteiger partial charge in [0.2, 0.25) is 5.78 Å². The van der Waals surface area contributed by atoms with Crippen LogP contribution in [0, 0.1) is 13.8 Å². The third-order valence-electron chi connectivity index (χ3n) is 3.89. The number of imidazole rings is 1. The van der Waals surface area contributed by atoms with Crippen molar-refractivity contribution in [1.29, 1.82) is 0 Å². The Hall–Kier alpha value is -2.89.